The van der Waals surface area contributed by atoms with Gasteiger partial charge in [-0.1, -0.05) is 0 Å². The molecule has 0 radical (unpaired) electrons. The van der Waals surface area contributed by atoms with Crippen LogP contribution in [0.25, 0.3) is 0 Å². The lowest BCUT2D eigenvalue weighted by Crippen LogP contribution is -2.18. The maximum absolute atomic E-state index is 11.6. The molecule has 0 aliphatic rings. The van der Waals surface area contributed by atoms with E-state index in [9.17, 15) is 39.5 Å². The summed E-state index contributed by atoms with van der Waals surface area (Å²) in [4.78, 5) is 0. The van der Waals surface area contributed by atoms with Crippen LogP contribution in [0.15, 0.2) is 0 Å². The second kappa shape index (κ2) is 5.35. The molecular formula is C3F9NS3. The highest BCUT2D eigenvalue weighted by atomic mass is 32.3. The molecule has 0 aliphatic carbocycles. The molecule has 13 heteroatoms. The lowest BCUT2D eigenvalue weighted by atomic mass is 11.6. The fourth-order valence-corrected chi connectivity index (χ4v) is 2.79. The van der Waals surface area contributed by atoms with Gasteiger partial charge in [0.05, 0.1) is 35.8 Å². The fourth-order valence-electron chi connectivity index (χ4n) is 0.309. The van der Waals surface area contributed by atoms with Crippen molar-refractivity contribution in [2.75, 3.05) is 0 Å². The van der Waals surface area contributed by atoms with Crippen molar-refractivity contribution in [2.45, 2.75) is 16.5 Å². The molecule has 0 amide bonds. The lowest BCUT2D eigenvalue weighted by Gasteiger charge is -2.21. The molecule has 0 rings (SSSR count). The smallest absolute Gasteiger partial charge is 0.159 e. The van der Waals surface area contributed by atoms with Crippen LogP contribution < -0.4 is 0 Å². The summed E-state index contributed by atoms with van der Waals surface area (Å²) in [5.41, 5.74) is -15.7. The molecule has 0 aromatic heterocycles. The molecule has 1 nitrogen and oxygen atoms in total. The molecule has 16 heavy (non-hydrogen) atoms. The molecule has 0 unspecified atom stereocenters. The van der Waals surface area contributed by atoms with E-state index in [1.54, 1.807) is 0 Å². The van der Waals surface area contributed by atoms with E-state index in [2.05, 4.69) is 0 Å². The van der Waals surface area contributed by atoms with Gasteiger partial charge in [-0.3, -0.25) is 0 Å². The zero-order valence-electron chi connectivity index (χ0n) is 6.57. The van der Waals surface area contributed by atoms with Gasteiger partial charge in [-0.2, -0.15) is 39.5 Å². The van der Waals surface area contributed by atoms with E-state index in [-0.39, 0.29) is 0 Å². The van der Waals surface area contributed by atoms with Crippen LogP contribution in [0.2, 0.25) is 0 Å². The van der Waals surface area contributed by atoms with Gasteiger partial charge < -0.3 is 0 Å². The molecule has 0 heterocycles. The van der Waals surface area contributed by atoms with Gasteiger partial charge in [0, 0.05) is 0 Å². The van der Waals surface area contributed by atoms with Crippen LogP contribution in [0.4, 0.5) is 39.5 Å². The third-order valence-corrected chi connectivity index (χ3v) is 2.94. The molecule has 0 atom stereocenters. The molecule has 0 fully saturated rings. The van der Waals surface area contributed by atoms with Crippen LogP contribution in [-0.4, -0.2) is 19.6 Å². The first-order chi connectivity index (χ1) is 6.79. The normalized spacial score (nSPS) is 14.6. The first kappa shape index (κ1) is 16.4. The third kappa shape index (κ3) is 10.9. The van der Waals surface area contributed by atoms with Crippen molar-refractivity contribution in [3.8, 4) is 0 Å². The Bertz CT molecular complexity index is 179. The Morgan fingerprint density at radius 1 is 0.500 bits per heavy atom. The molecular weight excluding hydrogens is 317 g/mol. The Hall–Kier alpha value is 0.380. The van der Waals surface area contributed by atoms with E-state index < -0.39 is 55.5 Å². The highest BCUT2D eigenvalue weighted by Crippen LogP contribution is 2.51. The van der Waals surface area contributed by atoms with Crippen molar-refractivity contribution in [3.63, 3.8) is 0 Å². The number of hydrogen-bond acceptors (Lipinski definition) is 4. The lowest BCUT2D eigenvalue weighted by molar-refractivity contribution is -0.0391. The minimum absolute atomic E-state index is 1.00. The van der Waals surface area contributed by atoms with Crippen molar-refractivity contribution in [1.29, 1.82) is 0 Å². The summed E-state index contributed by atoms with van der Waals surface area (Å²) in [5.74, 6) is 0. The van der Waals surface area contributed by atoms with Gasteiger partial charge >= 0.3 is 16.5 Å². The number of halogens is 9. The first-order valence-electron chi connectivity index (χ1n) is 2.86. The minimum atomic E-state index is -5.24. The number of alkyl halides is 9. The largest absolute Gasteiger partial charge is 0.458 e. The molecule has 0 aromatic rings. The Labute approximate surface area is 95.5 Å². The van der Waals surface area contributed by atoms with Crippen molar-refractivity contribution in [1.82, 2.24) is 3.12 Å². The van der Waals surface area contributed by atoms with E-state index in [0.29, 0.717) is 0 Å². The van der Waals surface area contributed by atoms with E-state index in [1.165, 1.54) is 0 Å². The molecule has 0 saturated carbocycles. The zero-order valence-corrected chi connectivity index (χ0v) is 9.02. The number of hydrogen-bond donors (Lipinski definition) is 0. The van der Waals surface area contributed by atoms with Gasteiger partial charge in [0.1, 0.15) is 0 Å². The molecule has 0 saturated heterocycles. The predicted octanol–water partition coefficient (Wildman–Crippen LogP) is 4.79. The highest BCUT2D eigenvalue weighted by molar-refractivity contribution is 8.26. The predicted molar refractivity (Wildman–Crippen MR) is 42.8 cm³/mol. The molecule has 0 N–H and O–H groups in total. The maximum Gasteiger partial charge on any atom is 0.458 e. The zero-order chi connectivity index (χ0) is 13.2. The summed E-state index contributed by atoms with van der Waals surface area (Å²) in [5, 5.41) is 0. The average Bonchev–Trinajstić information content (AvgIpc) is 1.70. The van der Waals surface area contributed by atoms with Crippen LogP contribution in [0, 0.1) is 0 Å². The molecule has 0 bridgehead atoms. The first-order valence-corrected chi connectivity index (χ1v) is 5.18. The van der Waals surface area contributed by atoms with Gasteiger partial charge in [0.15, 0.2) is 0 Å². The molecule has 0 spiro atoms. The van der Waals surface area contributed by atoms with Crippen LogP contribution in [-0.2, 0) is 0 Å². The van der Waals surface area contributed by atoms with Crippen LogP contribution in [0.5, 0.6) is 0 Å². The summed E-state index contributed by atoms with van der Waals surface area (Å²) in [6.07, 6.45) is 0. The second-order valence-electron chi connectivity index (χ2n) is 1.83. The summed E-state index contributed by atoms with van der Waals surface area (Å²) in [6, 6.07) is 0. The Morgan fingerprint density at radius 3 is 0.812 bits per heavy atom. The number of nitrogens with zero attached hydrogens (tertiary/aromatic N) is 1. The highest BCUT2D eigenvalue weighted by Gasteiger charge is 2.45. The Balaban J connectivity index is 4.53. The van der Waals surface area contributed by atoms with Crippen molar-refractivity contribution >= 4 is 35.8 Å². The summed E-state index contributed by atoms with van der Waals surface area (Å²) >= 11 is -4.58. The van der Waals surface area contributed by atoms with Crippen molar-refractivity contribution in [2.24, 2.45) is 0 Å². The fraction of sp³-hybridized carbons (Fsp3) is 1.00. The summed E-state index contributed by atoms with van der Waals surface area (Å²) in [7, 11) is 0. The second-order valence-corrected chi connectivity index (χ2v) is 5.56. The standard InChI is InChI=1S/C3F9NS3/c4-1(5,6)14-13(15-2(7,8)9)16-3(10,11)12. The van der Waals surface area contributed by atoms with Gasteiger partial charge in [-0.05, 0) is 0 Å². The quantitative estimate of drug-likeness (QED) is 0.543. The van der Waals surface area contributed by atoms with Crippen molar-refractivity contribution < 1.29 is 39.5 Å². The Kier molecular flexibility index (Phi) is 5.48. The third-order valence-electron chi connectivity index (χ3n) is 0.534. The van der Waals surface area contributed by atoms with Gasteiger partial charge in [-0.15, -0.1) is 3.12 Å². The van der Waals surface area contributed by atoms with E-state index in [0.717, 1.165) is 0 Å². The summed E-state index contributed by atoms with van der Waals surface area (Å²) < 4.78 is 104. The molecule has 0 aliphatic heterocycles. The van der Waals surface area contributed by atoms with Crippen LogP contribution in [0.3, 0.4) is 0 Å². The van der Waals surface area contributed by atoms with Gasteiger partial charge in [0.2, 0.25) is 0 Å². The van der Waals surface area contributed by atoms with E-state index >= 15 is 0 Å². The number of rotatable bonds is 3. The minimum Gasteiger partial charge on any atom is -0.159 e. The van der Waals surface area contributed by atoms with Crippen LogP contribution >= 0.6 is 35.8 Å². The summed E-state index contributed by atoms with van der Waals surface area (Å²) in [6.45, 7) is 0. The monoisotopic (exact) mass is 317 g/mol. The van der Waals surface area contributed by atoms with E-state index in [4.69, 9.17) is 0 Å². The van der Waals surface area contributed by atoms with Gasteiger partial charge in [-0.25, -0.2) is 0 Å². The van der Waals surface area contributed by atoms with Gasteiger partial charge in [0.25, 0.3) is 0 Å². The SMILES string of the molecule is FC(F)(F)SN(SC(F)(F)F)SC(F)(F)F. The van der Waals surface area contributed by atoms with E-state index in [1.807, 2.05) is 0 Å². The van der Waals surface area contributed by atoms with Crippen LogP contribution in [0.1, 0.15) is 0 Å². The molecule has 98 valence electrons. The maximum atomic E-state index is 11.6. The van der Waals surface area contributed by atoms with Crippen molar-refractivity contribution in [3.05, 3.63) is 0 Å². The molecule has 0 aromatic carbocycles. The topological polar surface area (TPSA) is 3.24 Å². The average molecular weight is 317 g/mol. The Morgan fingerprint density at radius 2 is 0.688 bits per heavy atom.